The first-order valence-corrected chi connectivity index (χ1v) is 2.71. The topological polar surface area (TPSA) is 9.23 Å². The molecule has 1 unspecified atom stereocenters. The van der Waals surface area contributed by atoms with Crippen LogP contribution < -0.4 is 0 Å². The van der Waals surface area contributed by atoms with Crippen LogP contribution in [-0.2, 0) is 4.74 Å². The molecule has 0 aromatic rings. The van der Waals surface area contributed by atoms with Crippen molar-refractivity contribution in [2.45, 2.75) is 13.3 Å². The van der Waals surface area contributed by atoms with Gasteiger partial charge in [0.05, 0.1) is 6.61 Å². The van der Waals surface area contributed by atoms with Gasteiger partial charge in [-0.15, -0.1) is 0 Å². The van der Waals surface area contributed by atoms with E-state index in [2.05, 4.69) is 13.3 Å². The molecule has 0 bridgehead atoms. The third-order valence-electron chi connectivity index (χ3n) is 1.23. The van der Waals surface area contributed by atoms with Gasteiger partial charge in [0.25, 0.3) is 0 Å². The van der Waals surface area contributed by atoms with Gasteiger partial charge in [0, 0.05) is 13.0 Å². The fourth-order valence-electron chi connectivity index (χ4n) is 0.636. The zero-order valence-electron chi connectivity index (χ0n) is 4.61. The minimum atomic E-state index is 0.661. The van der Waals surface area contributed by atoms with E-state index in [1.54, 1.807) is 0 Å². The zero-order valence-corrected chi connectivity index (χ0v) is 4.61. The average Bonchev–Trinajstić information content (AvgIpc) is 1.69. The van der Waals surface area contributed by atoms with Crippen LogP contribution in [0.3, 0.4) is 0 Å². The molecule has 40 valence electrons. The predicted octanol–water partition coefficient (Wildman–Crippen LogP) is 1.12. The van der Waals surface area contributed by atoms with E-state index in [4.69, 9.17) is 4.74 Å². The van der Waals surface area contributed by atoms with Gasteiger partial charge in [-0.05, 0) is 12.3 Å². The summed E-state index contributed by atoms with van der Waals surface area (Å²) in [5, 5.41) is 0. The molecule has 2 radical (unpaired) electrons. The number of hydrogen-bond donors (Lipinski definition) is 0. The van der Waals surface area contributed by atoms with Crippen molar-refractivity contribution in [1.82, 2.24) is 0 Å². The normalized spacial score (nSPS) is 25.3. The lowest BCUT2D eigenvalue weighted by Crippen LogP contribution is -2.13. The van der Waals surface area contributed by atoms with Gasteiger partial charge in [0.2, 0.25) is 0 Å². The van der Waals surface area contributed by atoms with Crippen molar-refractivity contribution in [1.29, 1.82) is 0 Å². The van der Waals surface area contributed by atoms with Crippen LogP contribution in [0.25, 0.3) is 0 Å². The summed E-state index contributed by atoms with van der Waals surface area (Å²) in [6.07, 6.45) is 4.31. The molecule has 1 heterocycles. The molecule has 1 saturated heterocycles. The van der Waals surface area contributed by atoms with Gasteiger partial charge in [-0.2, -0.15) is 0 Å². The molecule has 1 aliphatic rings. The molecule has 0 N–H and O–H groups in total. The van der Waals surface area contributed by atoms with E-state index in [-0.39, 0.29) is 0 Å². The number of ether oxygens (including phenoxy) is 1. The summed E-state index contributed by atoms with van der Waals surface area (Å²) in [6, 6.07) is 0. The molecule has 1 rings (SSSR count). The van der Waals surface area contributed by atoms with Crippen molar-refractivity contribution in [3.8, 4) is 0 Å². The average molecular weight is 98.1 g/mol. The van der Waals surface area contributed by atoms with Crippen molar-refractivity contribution in [3.63, 3.8) is 0 Å². The summed E-state index contributed by atoms with van der Waals surface area (Å²) in [5.74, 6) is 0.661. The summed E-state index contributed by atoms with van der Waals surface area (Å²) in [6.45, 7) is 3.83. The molecular weight excluding hydrogens is 88.1 g/mol. The summed E-state index contributed by atoms with van der Waals surface area (Å²) < 4.78 is 5.03. The van der Waals surface area contributed by atoms with E-state index in [1.807, 2.05) is 0 Å². The molecule has 1 nitrogen and oxygen atoms in total. The van der Waals surface area contributed by atoms with E-state index >= 15 is 0 Å². The van der Waals surface area contributed by atoms with Gasteiger partial charge in [-0.3, -0.25) is 0 Å². The first-order chi connectivity index (χ1) is 3.39. The van der Waals surface area contributed by atoms with Crippen LogP contribution >= 0.6 is 0 Å². The van der Waals surface area contributed by atoms with Crippen molar-refractivity contribution in [2.75, 3.05) is 13.2 Å². The fourth-order valence-corrected chi connectivity index (χ4v) is 0.636. The summed E-state index contributed by atoms with van der Waals surface area (Å²) in [5.41, 5.74) is 0. The zero-order chi connectivity index (χ0) is 5.11. The van der Waals surface area contributed by atoms with Crippen LogP contribution in [0.15, 0.2) is 0 Å². The maximum atomic E-state index is 5.03. The minimum Gasteiger partial charge on any atom is -0.381 e. The van der Waals surface area contributed by atoms with Crippen molar-refractivity contribution in [2.24, 2.45) is 5.92 Å². The highest BCUT2D eigenvalue weighted by molar-refractivity contribution is 4.74. The molecular formula is C6H10O. The lowest BCUT2D eigenvalue weighted by molar-refractivity contribution is 0.107. The highest BCUT2D eigenvalue weighted by atomic mass is 16.5. The summed E-state index contributed by atoms with van der Waals surface area (Å²) in [4.78, 5) is 0. The lowest BCUT2D eigenvalue weighted by atomic mass is 10.0. The van der Waals surface area contributed by atoms with Crippen LogP contribution in [0, 0.1) is 12.3 Å². The van der Waals surface area contributed by atoms with E-state index in [0.29, 0.717) is 5.92 Å². The Morgan fingerprint density at radius 2 is 2.57 bits per heavy atom. The first-order valence-electron chi connectivity index (χ1n) is 2.71. The maximum absolute atomic E-state index is 5.03. The van der Waals surface area contributed by atoms with Crippen molar-refractivity contribution in [3.05, 3.63) is 6.42 Å². The predicted molar refractivity (Wildman–Crippen MR) is 27.8 cm³/mol. The monoisotopic (exact) mass is 98.1 g/mol. The molecule has 1 atom stereocenters. The Kier molecular flexibility index (Phi) is 1.69. The third-order valence-corrected chi connectivity index (χ3v) is 1.23. The van der Waals surface area contributed by atoms with Gasteiger partial charge in [0.15, 0.2) is 0 Å². The van der Waals surface area contributed by atoms with Gasteiger partial charge in [0.1, 0.15) is 0 Å². The second-order valence-corrected chi connectivity index (χ2v) is 1.95. The van der Waals surface area contributed by atoms with E-state index in [0.717, 1.165) is 19.6 Å². The van der Waals surface area contributed by atoms with Gasteiger partial charge in [-0.25, -0.2) is 0 Å². The standard InChI is InChI=1S/C6H10O/c1-6-2-4-7-5-3-6/h6H,2,4-5H2,1H3. The van der Waals surface area contributed by atoms with Crippen LogP contribution in [0.5, 0.6) is 0 Å². The fraction of sp³-hybridized carbons (Fsp3) is 0.833. The molecule has 7 heavy (non-hydrogen) atoms. The highest BCUT2D eigenvalue weighted by Gasteiger charge is 2.07. The van der Waals surface area contributed by atoms with E-state index < -0.39 is 0 Å². The molecule has 0 saturated carbocycles. The Balaban J connectivity index is 2.12. The molecule has 1 aliphatic heterocycles. The van der Waals surface area contributed by atoms with Crippen LogP contribution in [-0.4, -0.2) is 13.2 Å². The minimum absolute atomic E-state index is 0.661. The van der Waals surface area contributed by atoms with E-state index in [1.165, 1.54) is 0 Å². The van der Waals surface area contributed by atoms with Gasteiger partial charge in [-0.1, -0.05) is 6.92 Å². The molecule has 1 heteroatoms. The molecule has 0 spiro atoms. The molecule has 0 amide bonds. The summed E-state index contributed by atoms with van der Waals surface area (Å²) >= 11 is 0. The Hall–Kier alpha value is -0.0400. The second-order valence-electron chi connectivity index (χ2n) is 1.95. The quantitative estimate of drug-likeness (QED) is 0.441. The second kappa shape index (κ2) is 2.31. The SMILES string of the molecule is CC1[C]COCC1. The lowest BCUT2D eigenvalue weighted by Gasteiger charge is -2.15. The molecule has 0 aliphatic carbocycles. The summed E-state index contributed by atoms with van der Waals surface area (Å²) in [7, 11) is 0. The van der Waals surface area contributed by atoms with Gasteiger partial charge < -0.3 is 4.74 Å². The third kappa shape index (κ3) is 1.48. The number of rotatable bonds is 0. The first kappa shape index (κ1) is 5.10. The Labute approximate surface area is 44.7 Å². The maximum Gasteiger partial charge on any atom is 0.0538 e. The van der Waals surface area contributed by atoms with Gasteiger partial charge >= 0.3 is 0 Å². The largest absolute Gasteiger partial charge is 0.381 e. The van der Waals surface area contributed by atoms with E-state index in [9.17, 15) is 0 Å². The number of hydrogen-bond acceptors (Lipinski definition) is 1. The molecule has 1 fully saturated rings. The Morgan fingerprint density at radius 3 is 2.86 bits per heavy atom. The van der Waals surface area contributed by atoms with Crippen LogP contribution in [0.1, 0.15) is 13.3 Å². The Morgan fingerprint density at radius 1 is 1.71 bits per heavy atom. The van der Waals surface area contributed by atoms with Crippen LogP contribution in [0.4, 0.5) is 0 Å². The Bertz CT molecular complexity index is 46.1. The van der Waals surface area contributed by atoms with Crippen LogP contribution in [0.2, 0.25) is 0 Å². The van der Waals surface area contributed by atoms with Crippen molar-refractivity contribution < 1.29 is 4.74 Å². The molecule has 0 aromatic carbocycles. The highest BCUT2D eigenvalue weighted by Crippen LogP contribution is 2.10. The molecule has 0 aromatic heterocycles. The smallest absolute Gasteiger partial charge is 0.0538 e. The van der Waals surface area contributed by atoms with Crippen molar-refractivity contribution >= 4 is 0 Å².